The third-order valence-electron chi connectivity index (χ3n) is 5.96. The molecule has 3 heterocycles. The Morgan fingerprint density at radius 2 is 1.91 bits per heavy atom. The Morgan fingerprint density at radius 3 is 2.70 bits per heavy atom. The van der Waals surface area contributed by atoms with Crippen LogP contribution in [0.3, 0.4) is 0 Å². The van der Waals surface area contributed by atoms with Crippen molar-refractivity contribution >= 4 is 27.4 Å². The summed E-state index contributed by atoms with van der Waals surface area (Å²) in [5.74, 6) is 0.513. The topological polar surface area (TPSA) is 88.0 Å². The molecule has 0 bridgehead atoms. The standard InChI is InChI=1S/C27H23N3O3/c1-15-12-20(17(3)30-22-8-4-6-18-9-11-29-27(32)23(18)22)26-21(13-15)24(31)16(2)25(33-26)19-7-5-10-28-14-19/h4-14,17,30H,1-3H3,(H,29,32). The maximum Gasteiger partial charge on any atom is 0.257 e. The molecule has 164 valence electrons. The summed E-state index contributed by atoms with van der Waals surface area (Å²) in [6.07, 6.45) is 5.02. The van der Waals surface area contributed by atoms with E-state index in [2.05, 4.69) is 15.3 Å². The van der Waals surface area contributed by atoms with Gasteiger partial charge in [-0.2, -0.15) is 0 Å². The summed E-state index contributed by atoms with van der Waals surface area (Å²) in [7, 11) is 0. The maximum atomic E-state index is 13.3. The van der Waals surface area contributed by atoms with E-state index in [4.69, 9.17) is 4.42 Å². The fourth-order valence-corrected chi connectivity index (χ4v) is 4.33. The molecule has 0 amide bonds. The second kappa shape index (κ2) is 8.06. The summed E-state index contributed by atoms with van der Waals surface area (Å²) >= 11 is 0. The molecular weight excluding hydrogens is 414 g/mol. The van der Waals surface area contributed by atoms with Gasteiger partial charge >= 0.3 is 0 Å². The molecule has 0 saturated heterocycles. The van der Waals surface area contributed by atoms with Gasteiger partial charge in [0.2, 0.25) is 0 Å². The first kappa shape index (κ1) is 20.7. The van der Waals surface area contributed by atoms with Gasteiger partial charge in [0.05, 0.1) is 16.8 Å². The van der Waals surface area contributed by atoms with E-state index in [9.17, 15) is 9.59 Å². The number of benzene rings is 2. The van der Waals surface area contributed by atoms with Crippen molar-refractivity contribution in [3.05, 3.63) is 104 Å². The summed E-state index contributed by atoms with van der Waals surface area (Å²) in [5.41, 5.74) is 4.14. The first-order chi connectivity index (χ1) is 15.9. The van der Waals surface area contributed by atoms with Gasteiger partial charge in [0.15, 0.2) is 5.43 Å². The highest BCUT2D eigenvalue weighted by molar-refractivity contribution is 5.93. The Bertz CT molecular complexity index is 1610. The summed E-state index contributed by atoms with van der Waals surface area (Å²) in [4.78, 5) is 32.7. The van der Waals surface area contributed by atoms with Gasteiger partial charge in [-0.25, -0.2) is 0 Å². The molecule has 0 fully saturated rings. The van der Waals surface area contributed by atoms with Crippen molar-refractivity contribution < 1.29 is 4.42 Å². The number of fused-ring (bicyclic) bond motifs is 2. The molecule has 0 radical (unpaired) electrons. The average Bonchev–Trinajstić information content (AvgIpc) is 2.82. The van der Waals surface area contributed by atoms with Crippen molar-refractivity contribution in [2.24, 2.45) is 0 Å². The van der Waals surface area contributed by atoms with E-state index in [1.54, 1.807) is 25.5 Å². The molecule has 0 aliphatic carbocycles. The van der Waals surface area contributed by atoms with Crippen LogP contribution in [0, 0.1) is 13.8 Å². The highest BCUT2D eigenvalue weighted by atomic mass is 16.3. The van der Waals surface area contributed by atoms with Crippen LogP contribution in [0.15, 0.2) is 81.1 Å². The van der Waals surface area contributed by atoms with Crippen LogP contribution in [0.5, 0.6) is 0 Å². The van der Waals surface area contributed by atoms with E-state index in [0.29, 0.717) is 27.7 Å². The lowest BCUT2D eigenvalue weighted by Crippen LogP contribution is -2.14. The molecule has 0 aliphatic heterocycles. The minimum absolute atomic E-state index is 0.0612. The normalized spacial score (nSPS) is 12.2. The Morgan fingerprint density at radius 1 is 1.06 bits per heavy atom. The van der Waals surface area contributed by atoms with Crippen LogP contribution in [0.2, 0.25) is 0 Å². The van der Waals surface area contributed by atoms with Crippen LogP contribution in [-0.4, -0.2) is 9.97 Å². The van der Waals surface area contributed by atoms with Crippen molar-refractivity contribution in [3.63, 3.8) is 0 Å². The van der Waals surface area contributed by atoms with Gasteiger partial charge < -0.3 is 14.7 Å². The number of aromatic amines is 1. The molecule has 1 unspecified atom stereocenters. The molecular formula is C27H23N3O3. The van der Waals surface area contributed by atoms with E-state index in [0.717, 1.165) is 27.8 Å². The number of hydrogen-bond donors (Lipinski definition) is 2. The second-order valence-corrected chi connectivity index (χ2v) is 8.30. The highest BCUT2D eigenvalue weighted by Crippen LogP contribution is 2.32. The molecule has 0 spiro atoms. The minimum atomic E-state index is -0.231. The Hall–Kier alpha value is -4.19. The number of nitrogens with one attached hydrogen (secondary N) is 2. The maximum absolute atomic E-state index is 13.3. The average molecular weight is 437 g/mol. The Kier molecular flexibility index (Phi) is 5.05. The lowest BCUT2D eigenvalue weighted by Gasteiger charge is -2.19. The van der Waals surface area contributed by atoms with Crippen molar-refractivity contribution in [1.82, 2.24) is 9.97 Å². The molecule has 0 saturated carbocycles. The van der Waals surface area contributed by atoms with E-state index < -0.39 is 0 Å². The smallest absolute Gasteiger partial charge is 0.257 e. The van der Waals surface area contributed by atoms with Crippen molar-refractivity contribution in [1.29, 1.82) is 0 Å². The fraction of sp³-hybridized carbons (Fsp3) is 0.148. The van der Waals surface area contributed by atoms with Gasteiger partial charge in [0.1, 0.15) is 11.3 Å². The number of anilines is 1. The monoisotopic (exact) mass is 437 g/mol. The number of hydrogen-bond acceptors (Lipinski definition) is 5. The number of rotatable bonds is 4. The van der Waals surface area contributed by atoms with Gasteiger partial charge in [-0.1, -0.05) is 18.2 Å². The van der Waals surface area contributed by atoms with E-state index >= 15 is 0 Å². The van der Waals surface area contributed by atoms with E-state index in [1.807, 2.05) is 62.4 Å². The Balaban J connectivity index is 1.69. The van der Waals surface area contributed by atoms with Crippen molar-refractivity contribution in [2.75, 3.05) is 5.32 Å². The molecule has 2 N–H and O–H groups in total. The van der Waals surface area contributed by atoms with Crippen molar-refractivity contribution in [2.45, 2.75) is 26.8 Å². The SMILES string of the molecule is Cc1cc(C(C)Nc2cccc3cc[nH]c(=O)c23)c2oc(-c3cccnc3)c(C)c(=O)c2c1. The van der Waals surface area contributed by atoms with Gasteiger partial charge in [-0.3, -0.25) is 14.6 Å². The summed E-state index contributed by atoms with van der Waals surface area (Å²) in [6.45, 7) is 5.73. The molecule has 6 heteroatoms. The van der Waals surface area contributed by atoms with Crippen LogP contribution in [-0.2, 0) is 0 Å². The molecule has 1 atom stereocenters. The molecule has 33 heavy (non-hydrogen) atoms. The lowest BCUT2D eigenvalue weighted by atomic mass is 9.99. The largest absolute Gasteiger partial charge is 0.455 e. The van der Waals surface area contributed by atoms with Gasteiger partial charge in [0, 0.05) is 41.0 Å². The zero-order chi connectivity index (χ0) is 23.1. The summed E-state index contributed by atoms with van der Waals surface area (Å²) in [6, 6.07) is 14.9. The van der Waals surface area contributed by atoms with Crippen LogP contribution < -0.4 is 16.3 Å². The summed E-state index contributed by atoms with van der Waals surface area (Å²) < 4.78 is 6.37. The number of H-pyrrole nitrogens is 1. The van der Waals surface area contributed by atoms with Crippen LogP contribution >= 0.6 is 0 Å². The minimum Gasteiger partial charge on any atom is -0.455 e. The predicted octanol–water partition coefficient (Wildman–Crippen LogP) is 5.49. The number of nitrogens with zero attached hydrogens (tertiary/aromatic N) is 1. The quantitative estimate of drug-likeness (QED) is 0.388. The molecule has 3 aromatic heterocycles. The van der Waals surface area contributed by atoms with Gasteiger partial charge in [0.25, 0.3) is 5.56 Å². The highest BCUT2D eigenvalue weighted by Gasteiger charge is 2.19. The van der Waals surface area contributed by atoms with E-state index in [-0.39, 0.29) is 17.0 Å². The predicted molar refractivity (Wildman–Crippen MR) is 132 cm³/mol. The number of aryl methyl sites for hydroxylation is 1. The first-order valence-corrected chi connectivity index (χ1v) is 10.8. The van der Waals surface area contributed by atoms with Crippen LogP contribution in [0.4, 0.5) is 5.69 Å². The second-order valence-electron chi connectivity index (χ2n) is 8.30. The molecule has 0 aliphatic rings. The number of aromatic nitrogens is 2. The molecule has 5 rings (SSSR count). The van der Waals surface area contributed by atoms with E-state index in [1.165, 1.54) is 0 Å². The molecule has 5 aromatic rings. The third kappa shape index (κ3) is 3.59. The van der Waals surface area contributed by atoms with Crippen LogP contribution in [0.1, 0.15) is 29.7 Å². The lowest BCUT2D eigenvalue weighted by molar-refractivity contribution is 0.605. The zero-order valence-electron chi connectivity index (χ0n) is 18.6. The Labute approximate surface area is 189 Å². The molecule has 6 nitrogen and oxygen atoms in total. The number of pyridine rings is 2. The van der Waals surface area contributed by atoms with Gasteiger partial charge in [-0.15, -0.1) is 0 Å². The van der Waals surface area contributed by atoms with Crippen LogP contribution in [0.25, 0.3) is 33.1 Å². The fourth-order valence-electron chi connectivity index (χ4n) is 4.33. The summed E-state index contributed by atoms with van der Waals surface area (Å²) in [5, 5.41) is 5.45. The van der Waals surface area contributed by atoms with Crippen molar-refractivity contribution in [3.8, 4) is 11.3 Å². The molecule has 2 aromatic carbocycles. The van der Waals surface area contributed by atoms with Gasteiger partial charge in [-0.05, 0) is 62.1 Å². The third-order valence-corrected chi connectivity index (χ3v) is 5.96. The zero-order valence-corrected chi connectivity index (χ0v) is 18.6. The first-order valence-electron chi connectivity index (χ1n) is 10.8.